The van der Waals surface area contributed by atoms with Crippen LogP contribution < -0.4 is 4.74 Å². The molecule has 8 nitrogen and oxygen atoms in total. The number of carbonyl (C=O) groups is 1. The van der Waals surface area contributed by atoms with Gasteiger partial charge in [-0.2, -0.15) is 4.98 Å². The topological polar surface area (TPSA) is 105 Å². The Bertz CT molecular complexity index is 636. The normalized spacial score (nSPS) is 10.1. The molecule has 104 valence electrons. The molecule has 0 aliphatic heterocycles. The Morgan fingerprint density at radius 1 is 1.50 bits per heavy atom. The number of nitrogens with zero attached hydrogens (tertiary/aromatic N) is 2. The van der Waals surface area contributed by atoms with E-state index < -0.39 is 10.9 Å². The van der Waals surface area contributed by atoms with Crippen LogP contribution in [0.2, 0.25) is 0 Å². The number of benzene rings is 1. The van der Waals surface area contributed by atoms with Crippen LogP contribution in [0.5, 0.6) is 11.8 Å². The third-order valence-corrected chi connectivity index (χ3v) is 2.20. The molecule has 2 rings (SSSR count). The summed E-state index contributed by atoms with van der Waals surface area (Å²) in [5, 5.41) is 10.6. The van der Waals surface area contributed by atoms with E-state index in [4.69, 9.17) is 13.9 Å². The first-order valence-electron chi connectivity index (χ1n) is 5.65. The molecule has 0 N–H and O–H groups in total. The lowest BCUT2D eigenvalue weighted by atomic mass is 10.3. The zero-order valence-corrected chi connectivity index (χ0v) is 10.4. The number of rotatable bonds is 5. The highest BCUT2D eigenvalue weighted by atomic mass is 16.6. The highest BCUT2D eigenvalue weighted by molar-refractivity contribution is 5.86. The number of esters is 1. The maximum atomic E-state index is 11.4. The molecule has 0 atom stereocenters. The van der Waals surface area contributed by atoms with Gasteiger partial charge in [0, 0.05) is 6.07 Å². The van der Waals surface area contributed by atoms with Crippen molar-refractivity contribution < 1.29 is 23.6 Å². The summed E-state index contributed by atoms with van der Waals surface area (Å²) in [5.41, 5.74) is -0.160. The van der Waals surface area contributed by atoms with E-state index in [-0.39, 0.29) is 29.8 Å². The van der Waals surface area contributed by atoms with E-state index >= 15 is 0 Å². The van der Waals surface area contributed by atoms with Gasteiger partial charge >= 0.3 is 12.0 Å². The Balaban J connectivity index is 2.12. The van der Waals surface area contributed by atoms with Gasteiger partial charge in [0.1, 0.15) is 12.0 Å². The monoisotopic (exact) mass is 278 g/mol. The van der Waals surface area contributed by atoms with E-state index in [1.54, 1.807) is 6.92 Å². The Morgan fingerprint density at radius 3 is 3.00 bits per heavy atom. The van der Waals surface area contributed by atoms with Gasteiger partial charge in [0.15, 0.2) is 5.69 Å². The SMILES string of the molecule is CCOC(=O)c1coc(Oc2cccc([N+](=O)[O-])c2)n1. The predicted octanol–water partition coefficient (Wildman–Crippen LogP) is 2.55. The Morgan fingerprint density at radius 2 is 2.30 bits per heavy atom. The van der Waals surface area contributed by atoms with Gasteiger partial charge in [0.05, 0.1) is 17.6 Å². The van der Waals surface area contributed by atoms with Gasteiger partial charge in [-0.15, -0.1) is 0 Å². The first-order valence-corrected chi connectivity index (χ1v) is 5.65. The molecule has 0 aliphatic rings. The first kappa shape index (κ1) is 13.5. The summed E-state index contributed by atoms with van der Waals surface area (Å²) in [6.07, 6.45) is 0.888. The van der Waals surface area contributed by atoms with Gasteiger partial charge in [0.2, 0.25) is 0 Å². The molecule has 0 saturated heterocycles. The molecule has 0 bridgehead atoms. The van der Waals surface area contributed by atoms with E-state index in [0.717, 1.165) is 6.26 Å². The van der Waals surface area contributed by atoms with Crippen molar-refractivity contribution >= 4 is 11.7 Å². The highest BCUT2D eigenvalue weighted by Gasteiger charge is 2.15. The Labute approximate surface area is 113 Å². The molecule has 2 aromatic rings. The standard InChI is InChI=1S/C12H10N2O6/c1-2-18-11(15)10-7-19-12(13-10)20-9-5-3-4-8(6-9)14(16)17/h3-7H,2H2,1H3. The number of non-ortho nitro benzene ring substituents is 1. The van der Waals surface area contributed by atoms with Crippen molar-refractivity contribution in [2.75, 3.05) is 6.61 Å². The van der Waals surface area contributed by atoms with Crippen LogP contribution in [0, 0.1) is 10.1 Å². The van der Waals surface area contributed by atoms with Crippen molar-refractivity contribution in [2.45, 2.75) is 6.92 Å². The summed E-state index contributed by atoms with van der Waals surface area (Å²) < 4.78 is 14.9. The maximum absolute atomic E-state index is 11.4. The van der Waals surface area contributed by atoms with Gasteiger partial charge in [-0.1, -0.05) is 6.07 Å². The number of aromatic nitrogens is 1. The van der Waals surface area contributed by atoms with Gasteiger partial charge in [-0.25, -0.2) is 4.79 Å². The van der Waals surface area contributed by atoms with E-state index in [1.165, 1.54) is 24.3 Å². The van der Waals surface area contributed by atoms with E-state index in [0.29, 0.717) is 0 Å². The molecule has 0 amide bonds. The average molecular weight is 278 g/mol. The molecule has 1 aromatic carbocycles. The lowest BCUT2D eigenvalue weighted by molar-refractivity contribution is -0.384. The number of ether oxygens (including phenoxy) is 2. The quantitative estimate of drug-likeness (QED) is 0.470. The minimum atomic E-state index is -0.634. The molecule has 1 heterocycles. The van der Waals surface area contributed by atoms with Crippen LogP contribution in [0.25, 0.3) is 0 Å². The molecule has 0 radical (unpaired) electrons. The molecular formula is C12H10N2O6. The van der Waals surface area contributed by atoms with E-state index in [2.05, 4.69) is 4.98 Å². The van der Waals surface area contributed by atoms with Gasteiger partial charge in [-0.05, 0) is 13.0 Å². The van der Waals surface area contributed by atoms with Crippen molar-refractivity contribution in [3.8, 4) is 11.8 Å². The second-order valence-corrected chi connectivity index (χ2v) is 3.58. The molecular weight excluding hydrogens is 268 g/mol. The van der Waals surface area contributed by atoms with Crippen molar-refractivity contribution in [2.24, 2.45) is 0 Å². The van der Waals surface area contributed by atoms with Crippen molar-refractivity contribution in [1.82, 2.24) is 4.98 Å². The van der Waals surface area contributed by atoms with Gasteiger partial charge < -0.3 is 13.9 Å². The fraction of sp³-hybridized carbons (Fsp3) is 0.167. The predicted molar refractivity (Wildman–Crippen MR) is 65.6 cm³/mol. The minimum absolute atomic E-state index is 0.0349. The summed E-state index contributed by atoms with van der Waals surface area (Å²) in [4.78, 5) is 25.2. The van der Waals surface area contributed by atoms with Crippen LogP contribution >= 0.6 is 0 Å². The average Bonchev–Trinajstić information content (AvgIpc) is 2.88. The van der Waals surface area contributed by atoms with Crippen LogP contribution in [-0.2, 0) is 4.74 Å². The Kier molecular flexibility index (Phi) is 3.94. The number of hydrogen-bond acceptors (Lipinski definition) is 7. The molecule has 0 fully saturated rings. The molecule has 20 heavy (non-hydrogen) atoms. The van der Waals surface area contributed by atoms with Crippen molar-refractivity contribution in [3.05, 3.63) is 46.3 Å². The maximum Gasteiger partial charge on any atom is 0.399 e. The Hall–Kier alpha value is -2.90. The molecule has 0 spiro atoms. The third-order valence-electron chi connectivity index (χ3n) is 2.20. The third kappa shape index (κ3) is 3.10. The number of nitro groups is 1. The number of nitro benzene ring substituents is 1. The molecule has 1 aromatic heterocycles. The number of hydrogen-bond donors (Lipinski definition) is 0. The summed E-state index contributed by atoms with van der Waals surface area (Å²) in [6, 6.07) is 5.50. The fourth-order valence-corrected chi connectivity index (χ4v) is 1.36. The van der Waals surface area contributed by atoms with Crippen LogP contribution in [0.4, 0.5) is 5.69 Å². The van der Waals surface area contributed by atoms with Crippen LogP contribution in [0.15, 0.2) is 34.9 Å². The molecule has 0 unspecified atom stereocenters. The minimum Gasteiger partial charge on any atom is -0.461 e. The molecule has 0 saturated carbocycles. The lowest BCUT2D eigenvalue weighted by Crippen LogP contribution is -2.04. The zero-order valence-electron chi connectivity index (χ0n) is 10.4. The van der Waals surface area contributed by atoms with E-state index in [1.807, 2.05) is 0 Å². The second-order valence-electron chi connectivity index (χ2n) is 3.58. The number of oxazole rings is 1. The summed E-state index contributed by atoms with van der Waals surface area (Å²) in [7, 11) is 0. The largest absolute Gasteiger partial charge is 0.461 e. The summed E-state index contributed by atoms with van der Waals surface area (Å²) in [6.45, 7) is 1.88. The summed E-state index contributed by atoms with van der Waals surface area (Å²) >= 11 is 0. The second kappa shape index (κ2) is 5.83. The van der Waals surface area contributed by atoms with Crippen LogP contribution in [0.1, 0.15) is 17.4 Å². The van der Waals surface area contributed by atoms with Crippen LogP contribution in [0.3, 0.4) is 0 Å². The van der Waals surface area contributed by atoms with Crippen molar-refractivity contribution in [3.63, 3.8) is 0 Å². The highest BCUT2D eigenvalue weighted by Crippen LogP contribution is 2.24. The smallest absolute Gasteiger partial charge is 0.399 e. The summed E-state index contributed by atoms with van der Waals surface area (Å²) in [5.74, 6) is -0.457. The fourth-order valence-electron chi connectivity index (χ4n) is 1.36. The first-order chi connectivity index (χ1) is 9.60. The molecule has 8 heteroatoms. The van der Waals surface area contributed by atoms with Crippen LogP contribution in [-0.4, -0.2) is 22.5 Å². The van der Waals surface area contributed by atoms with Crippen molar-refractivity contribution in [1.29, 1.82) is 0 Å². The molecule has 0 aliphatic carbocycles. The zero-order chi connectivity index (χ0) is 14.5. The number of carbonyl (C=O) groups excluding carboxylic acids is 1. The lowest BCUT2D eigenvalue weighted by Gasteiger charge is -1.99. The van der Waals surface area contributed by atoms with Gasteiger partial charge in [0.25, 0.3) is 5.69 Å². The van der Waals surface area contributed by atoms with E-state index in [9.17, 15) is 14.9 Å². The van der Waals surface area contributed by atoms with Gasteiger partial charge in [-0.3, -0.25) is 10.1 Å².